The third-order valence-corrected chi connectivity index (χ3v) is 4.98. The Balaban J connectivity index is 1.56. The summed E-state index contributed by atoms with van der Waals surface area (Å²) in [6, 6.07) is 18.2. The fourth-order valence-electron chi connectivity index (χ4n) is 2.80. The highest BCUT2D eigenvalue weighted by atomic mass is 127. The van der Waals surface area contributed by atoms with Gasteiger partial charge >= 0.3 is 6.09 Å². The van der Waals surface area contributed by atoms with Crippen LogP contribution in [0.2, 0.25) is 0 Å². The Morgan fingerprint density at radius 2 is 1.86 bits per heavy atom. The minimum Gasteiger partial charge on any atom is -0.445 e. The monoisotopic (exact) mass is 407 g/mol. The van der Waals surface area contributed by atoms with E-state index in [1.807, 2.05) is 41.3 Å². The van der Waals surface area contributed by atoms with Crippen LogP contribution >= 0.6 is 22.6 Å². The van der Waals surface area contributed by atoms with Gasteiger partial charge in [0.05, 0.1) is 0 Å². The molecule has 2 aromatic carbocycles. The largest absolute Gasteiger partial charge is 0.445 e. The molecule has 1 fully saturated rings. The van der Waals surface area contributed by atoms with Crippen LogP contribution in [-0.4, -0.2) is 24.1 Å². The summed E-state index contributed by atoms with van der Waals surface area (Å²) in [4.78, 5) is 14.0. The first-order chi connectivity index (χ1) is 10.7. The van der Waals surface area contributed by atoms with Crippen LogP contribution in [0.4, 0.5) is 4.79 Å². The SMILES string of the molecule is O=C(OCc1ccccc1)N1CCC(c2ccccc2I)C1. The average Bonchev–Trinajstić information content (AvgIpc) is 3.04. The van der Waals surface area contributed by atoms with E-state index < -0.39 is 0 Å². The molecule has 1 atom stereocenters. The highest BCUT2D eigenvalue weighted by Crippen LogP contribution is 2.30. The summed E-state index contributed by atoms with van der Waals surface area (Å²) in [5.41, 5.74) is 2.35. The van der Waals surface area contributed by atoms with E-state index in [0.29, 0.717) is 12.5 Å². The number of rotatable bonds is 3. The molecule has 1 aliphatic rings. The van der Waals surface area contributed by atoms with Crippen molar-refractivity contribution < 1.29 is 9.53 Å². The molecule has 3 rings (SSSR count). The predicted molar refractivity (Wildman–Crippen MR) is 94.7 cm³/mol. The lowest BCUT2D eigenvalue weighted by molar-refractivity contribution is 0.104. The van der Waals surface area contributed by atoms with E-state index >= 15 is 0 Å². The predicted octanol–water partition coefficient (Wildman–Crippen LogP) is 4.42. The summed E-state index contributed by atoms with van der Waals surface area (Å²) in [6.45, 7) is 1.85. The Hall–Kier alpha value is -1.56. The molecule has 1 amide bonds. The van der Waals surface area contributed by atoms with Gasteiger partial charge in [-0.05, 0) is 46.2 Å². The molecule has 22 heavy (non-hydrogen) atoms. The maximum absolute atomic E-state index is 12.2. The van der Waals surface area contributed by atoms with Gasteiger partial charge in [0.1, 0.15) is 6.61 Å². The van der Waals surface area contributed by atoms with E-state index in [1.165, 1.54) is 9.13 Å². The molecular weight excluding hydrogens is 389 g/mol. The number of nitrogens with zero attached hydrogens (tertiary/aromatic N) is 1. The fraction of sp³-hybridized carbons (Fsp3) is 0.278. The van der Waals surface area contributed by atoms with Gasteiger partial charge in [0.2, 0.25) is 0 Å². The summed E-state index contributed by atoms with van der Waals surface area (Å²) >= 11 is 2.36. The van der Waals surface area contributed by atoms with Crippen LogP contribution < -0.4 is 0 Å². The molecule has 1 saturated heterocycles. The molecule has 0 spiro atoms. The van der Waals surface area contributed by atoms with Gasteiger partial charge < -0.3 is 9.64 Å². The van der Waals surface area contributed by atoms with Gasteiger partial charge in [-0.1, -0.05) is 48.5 Å². The number of ether oxygens (including phenoxy) is 1. The molecule has 0 N–H and O–H groups in total. The Labute approximate surface area is 144 Å². The van der Waals surface area contributed by atoms with Crippen molar-refractivity contribution in [2.75, 3.05) is 13.1 Å². The molecule has 114 valence electrons. The molecule has 1 aliphatic heterocycles. The highest BCUT2D eigenvalue weighted by molar-refractivity contribution is 14.1. The van der Waals surface area contributed by atoms with Crippen LogP contribution in [0.1, 0.15) is 23.5 Å². The van der Waals surface area contributed by atoms with Crippen molar-refractivity contribution in [3.63, 3.8) is 0 Å². The van der Waals surface area contributed by atoms with Crippen molar-refractivity contribution in [1.29, 1.82) is 0 Å². The smallest absolute Gasteiger partial charge is 0.410 e. The number of hydrogen-bond acceptors (Lipinski definition) is 2. The molecule has 1 unspecified atom stereocenters. The number of carbonyl (C=O) groups excluding carboxylic acids is 1. The second-order valence-electron chi connectivity index (χ2n) is 5.49. The summed E-state index contributed by atoms with van der Waals surface area (Å²) in [5.74, 6) is 0.414. The molecular formula is C18H18INO2. The number of halogens is 1. The van der Waals surface area contributed by atoms with E-state index in [4.69, 9.17) is 4.74 Å². The van der Waals surface area contributed by atoms with Crippen molar-refractivity contribution in [3.8, 4) is 0 Å². The molecule has 3 nitrogen and oxygen atoms in total. The topological polar surface area (TPSA) is 29.5 Å². The summed E-state index contributed by atoms with van der Waals surface area (Å²) in [6.07, 6.45) is 0.790. The van der Waals surface area contributed by atoms with Crippen LogP contribution in [0.15, 0.2) is 54.6 Å². The summed E-state index contributed by atoms with van der Waals surface area (Å²) < 4.78 is 6.68. The molecule has 2 aromatic rings. The highest BCUT2D eigenvalue weighted by Gasteiger charge is 2.29. The number of carbonyl (C=O) groups is 1. The first-order valence-electron chi connectivity index (χ1n) is 7.44. The summed E-state index contributed by atoms with van der Waals surface area (Å²) in [7, 11) is 0. The van der Waals surface area contributed by atoms with E-state index in [-0.39, 0.29) is 6.09 Å². The standard InChI is InChI=1S/C18H18INO2/c19-17-9-5-4-8-16(17)15-10-11-20(12-15)18(21)22-13-14-6-2-1-3-7-14/h1-9,15H,10-13H2. The van der Waals surface area contributed by atoms with Crippen LogP contribution in [0.3, 0.4) is 0 Å². The van der Waals surface area contributed by atoms with Crippen molar-refractivity contribution in [3.05, 3.63) is 69.3 Å². The quantitative estimate of drug-likeness (QED) is 0.706. The number of likely N-dealkylation sites (tertiary alicyclic amines) is 1. The molecule has 0 saturated carbocycles. The third kappa shape index (κ3) is 3.61. The second-order valence-corrected chi connectivity index (χ2v) is 6.66. The van der Waals surface area contributed by atoms with Crippen LogP contribution in [0.5, 0.6) is 0 Å². The molecule has 0 bridgehead atoms. The van der Waals surface area contributed by atoms with Gasteiger partial charge in [-0.25, -0.2) is 4.79 Å². The average molecular weight is 407 g/mol. The molecule has 0 aliphatic carbocycles. The van der Waals surface area contributed by atoms with E-state index in [1.54, 1.807) is 0 Å². The Bertz CT molecular complexity index is 645. The van der Waals surface area contributed by atoms with Crippen LogP contribution in [0, 0.1) is 3.57 Å². The maximum Gasteiger partial charge on any atom is 0.410 e. The van der Waals surface area contributed by atoms with E-state index in [0.717, 1.165) is 25.1 Å². The van der Waals surface area contributed by atoms with Gasteiger partial charge in [-0.3, -0.25) is 0 Å². The lowest BCUT2D eigenvalue weighted by Gasteiger charge is -2.17. The molecule has 4 heteroatoms. The van der Waals surface area contributed by atoms with Crippen molar-refractivity contribution in [2.24, 2.45) is 0 Å². The van der Waals surface area contributed by atoms with Crippen molar-refractivity contribution in [1.82, 2.24) is 4.90 Å². The number of benzene rings is 2. The van der Waals surface area contributed by atoms with Gasteiger partial charge in [0.15, 0.2) is 0 Å². The van der Waals surface area contributed by atoms with Gasteiger partial charge in [-0.15, -0.1) is 0 Å². The van der Waals surface area contributed by atoms with Crippen LogP contribution in [-0.2, 0) is 11.3 Å². The van der Waals surface area contributed by atoms with Gasteiger partial charge in [0.25, 0.3) is 0 Å². The Morgan fingerprint density at radius 1 is 1.14 bits per heavy atom. The minimum absolute atomic E-state index is 0.211. The Morgan fingerprint density at radius 3 is 2.64 bits per heavy atom. The zero-order chi connectivity index (χ0) is 15.4. The molecule has 0 radical (unpaired) electrons. The number of hydrogen-bond donors (Lipinski definition) is 0. The van der Waals surface area contributed by atoms with Crippen LogP contribution in [0.25, 0.3) is 0 Å². The Kier molecular flexibility index (Phi) is 4.97. The first kappa shape index (κ1) is 15.3. The van der Waals surface area contributed by atoms with E-state index in [9.17, 15) is 4.79 Å². The molecule has 0 aromatic heterocycles. The second kappa shape index (κ2) is 7.13. The minimum atomic E-state index is -0.211. The zero-order valence-corrected chi connectivity index (χ0v) is 14.4. The van der Waals surface area contributed by atoms with E-state index in [2.05, 4.69) is 40.8 Å². The lowest BCUT2D eigenvalue weighted by Crippen LogP contribution is -2.29. The van der Waals surface area contributed by atoms with Gasteiger partial charge in [-0.2, -0.15) is 0 Å². The fourth-order valence-corrected chi connectivity index (χ4v) is 3.62. The van der Waals surface area contributed by atoms with Crippen molar-refractivity contribution in [2.45, 2.75) is 18.9 Å². The first-order valence-corrected chi connectivity index (χ1v) is 8.52. The lowest BCUT2D eigenvalue weighted by atomic mass is 9.99. The number of amides is 1. The summed E-state index contributed by atoms with van der Waals surface area (Å²) in [5, 5.41) is 0. The molecule has 1 heterocycles. The third-order valence-electron chi connectivity index (χ3n) is 4.00. The normalized spacial score (nSPS) is 17.5. The zero-order valence-electron chi connectivity index (χ0n) is 12.2. The maximum atomic E-state index is 12.2. The van der Waals surface area contributed by atoms with Crippen molar-refractivity contribution >= 4 is 28.7 Å². The van der Waals surface area contributed by atoms with Gasteiger partial charge in [0, 0.05) is 22.6 Å².